The number of nitriles is 1. The summed E-state index contributed by atoms with van der Waals surface area (Å²) in [6, 6.07) is 13.5. The van der Waals surface area contributed by atoms with Crippen LogP contribution in [-0.2, 0) is 13.0 Å². The van der Waals surface area contributed by atoms with E-state index >= 15 is 0 Å². The maximum atomic E-state index is 12.3. The zero-order chi connectivity index (χ0) is 19.3. The molecule has 0 unspecified atom stereocenters. The highest BCUT2D eigenvalue weighted by Crippen LogP contribution is 2.25. The molecule has 3 aromatic heterocycles. The minimum atomic E-state index is -0.464. The smallest absolute Gasteiger partial charge is 0.270 e. The van der Waals surface area contributed by atoms with Crippen LogP contribution in [0, 0.1) is 11.3 Å². The highest BCUT2D eigenvalue weighted by molar-refractivity contribution is 7.13. The van der Waals surface area contributed by atoms with Gasteiger partial charge in [0.1, 0.15) is 17.3 Å². The predicted octanol–water partition coefficient (Wildman–Crippen LogP) is 2.09. The van der Waals surface area contributed by atoms with Crippen molar-refractivity contribution in [3.05, 3.63) is 74.6 Å². The van der Waals surface area contributed by atoms with Crippen LogP contribution < -0.4 is 10.9 Å². The lowest BCUT2D eigenvalue weighted by atomic mass is 10.1. The highest BCUT2D eigenvalue weighted by Gasteiger charge is 2.14. The lowest BCUT2D eigenvalue weighted by molar-refractivity contribution is 0.881. The van der Waals surface area contributed by atoms with Crippen LogP contribution in [0.2, 0.25) is 0 Å². The molecule has 4 aromatic rings. The van der Waals surface area contributed by atoms with Crippen LogP contribution >= 0.6 is 11.3 Å². The van der Waals surface area contributed by atoms with Crippen LogP contribution in [0.25, 0.3) is 10.6 Å². The van der Waals surface area contributed by atoms with E-state index in [1.54, 1.807) is 0 Å². The van der Waals surface area contributed by atoms with Gasteiger partial charge in [0.15, 0.2) is 5.82 Å². The molecule has 9 nitrogen and oxygen atoms in total. The summed E-state index contributed by atoms with van der Waals surface area (Å²) in [5, 5.41) is 28.2. The SMILES string of the molecule is N#Cc1c(-c2cccs2)nc(NCc2cccc(Cc3nn[nH]n3)c2)[nH]c1=O. The summed E-state index contributed by atoms with van der Waals surface area (Å²) in [5.74, 6) is 0.930. The van der Waals surface area contributed by atoms with Gasteiger partial charge in [-0.3, -0.25) is 9.78 Å². The number of thiophene rings is 1. The van der Waals surface area contributed by atoms with Gasteiger partial charge in [-0.05, 0) is 22.6 Å². The maximum Gasteiger partial charge on any atom is 0.270 e. The predicted molar refractivity (Wildman–Crippen MR) is 104 cm³/mol. The molecule has 10 heteroatoms. The van der Waals surface area contributed by atoms with Crippen molar-refractivity contribution < 1.29 is 0 Å². The van der Waals surface area contributed by atoms with Gasteiger partial charge in [-0.1, -0.05) is 35.5 Å². The quantitative estimate of drug-likeness (QED) is 0.458. The Hall–Kier alpha value is -3.84. The van der Waals surface area contributed by atoms with Gasteiger partial charge in [-0.2, -0.15) is 10.5 Å². The molecule has 0 aliphatic carbocycles. The van der Waals surface area contributed by atoms with Crippen LogP contribution in [0.4, 0.5) is 5.95 Å². The third-order valence-corrected chi connectivity index (χ3v) is 4.87. The fourth-order valence-electron chi connectivity index (χ4n) is 2.73. The van der Waals surface area contributed by atoms with Gasteiger partial charge >= 0.3 is 0 Å². The van der Waals surface area contributed by atoms with E-state index in [0.29, 0.717) is 30.4 Å². The molecule has 0 saturated heterocycles. The van der Waals surface area contributed by atoms with Gasteiger partial charge in [0, 0.05) is 13.0 Å². The Balaban J connectivity index is 1.54. The molecule has 138 valence electrons. The number of aromatic amines is 2. The Kier molecular flexibility index (Phi) is 4.90. The number of benzene rings is 1. The number of hydrogen-bond donors (Lipinski definition) is 3. The average molecular weight is 390 g/mol. The molecule has 0 atom stereocenters. The Morgan fingerprint density at radius 3 is 2.86 bits per heavy atom. The number of rotatable bonds is 6. The van der Waals surface area contributed by atoms with Crippen molar-refractivity contribution in [3.63, 3.8) is 0 Å². The molecule has 3 heterocycles. The second-order valence-electron chi connectivity index (χ2n) is 5.91. The van der Waals surface area contributed by atoms with Crippen LogP contribution in [0.5, 0.6) is 0 Å². The Morgan fingerprint density at radius 1 is 1.21 bits per heavy atom. The van der Waals surface area contributed by atoms with Crippen molar-refractivity contribution in [2.45, 2.75) is 13.0 Å². The molecular weight excluding hydrogens is 376 g/mol. The van der Waals surface area contributed by atoms with E-state index in [0.717, 1.165) is 16.0 Å². The Labute approximate surface area is 163 Å². The summed E-state index contributed by atoms with van der Waals surface area (Å²) >= 11 is 1.43. The summed E-state index contributed by atoms with van der Waals surface area (Å²) in [6.45, 7) is 0.457. The molecule has 0 radical (unpaired) electrons. The van der Waals surface area contributed by atoms with Crippen molar-refractivity contribution in [1.29, 1.82) is 5.26 Å². The summed E-state index contributed by atoms with van der Waals surface area (Å²) in [5.41, 5.74) is 1.98. The largest absolute Gasteiger partial charge is 0.352 e. The molecular formula is C18H14N8OS. The third kappa shape index (κ3) is 3.79. The fraction of sp³-hybridized carbons (Fsp3) is 0.111. The van der Waals surface area contributed by atoms with E-state index in [9.17, 15) is 10.1 Å². The van der Waals surface area contributed by atoms with E-state index < -0.39 is 5.56 Å². The van der Waals surface area contributed by atoms with Crippen LogP contribution in [0.1, 0.15) is 22.5 Å². The first-order valence-electron chi connectivity index (χ1n) is 8.35. The van der Waals surface area contributed by atoms with E-state index in [1.165, 1.54) is 11.3 Å². The topological polar surface area (TPSA) is 136 Å². The lowest BCUT2D eigenvalue weighted by Gasteiger charge is -2.09. The van der Waals surface area contributed by atoms with Gasteiger partial charge in [0.05, 0.1) is 4.88 Å². The van der Waals surface area contributed by atoms with Gasteiger partial charge in [0.2, 0.25) is 5.95 Å². The number of tetrazole rings is 1. The monoisotopic (exact) mass is 390 g/mol. The molecule has 4 rings (SSSR count). The number of nitrogens with one attached hydrogen (secondary N) is 3. The Bertz CT molecular complexity index is 1180. The van der Waals surface area contributed by atoms with Gasteiger partial charge in [0.25, 0.3) is 5.56 Å². The molecule has 1 aromatic carbocycles. The number of nitrogens with zero attached hydrogens (tertiary/aromatic N) is 5. The van der Waals surface area contributed by atoms with Crippen LogP contribution in [0.15, 0.2) is 46.6 Å². The summed E-state index contributed by atoms with van der Waals surface area (Å²) < 4.78 is 0. The first-order chi connectivity index (χ1) is 13.7. The molecule has 0 saturated carbocycles. The molecule has 0 fully saturated rings. The summed E-state index contributed by atoms with van der Waals surface area (Å²) in [7, 11) is 0. The molecule has 0 bridgehead atoms. The van der Waals surface area contributed by atoms with Crippen LogP contribution in [0.3, 0.4) is 0 Å². The standard InChI is InChI=1S/C18H14N8OS/c19-9-13-16(14-5-2-6-28-14)21-18(22-17(13)27)20-10-12-4-1-3-11(7-12)8-15-23-25-26-24-15/h1-7H,8,10H2,(H2,20,21,22,27)(H,23,24,25,26). The Morgan fingerprint density at radius 2 is 2.11 bits per heavy atom. The number of H-pyrrole nitrogens is 2. The normalized spacial score (nSPS) is 10.5. The summed E-state index contributed by atoms with van der Waals surface area (Å²) in [6.07, 6.45) is 0.568. The van der Waals surface area contributed by atoms with E-state index in [1.807, 2.05) is 47.8 Å². The fourth-order valence-corrected chi connectivity index (χ4v) is 3.45. The second-order valence-corrected chi connectivity index (χ2v) is 6.85. The number of hydrogen-bond acceptors (Lipinski definition) is 8. The molecule has 0 amide bonds. The molecule has 3 N–H and O–H groups in total. The second kappa shape index (κ2) is 7.81. The van der Waals surface area contributed by atoms with Crippen molar-refractivity contribution >= 4 is 17.3 Å². The minimum absolute atomic E-state index is 0.00936. The van der Waals surface area contributed by atoms with Crippen molar-refractivity contribution in [3.8, 4) is 16.6 Å². The first kappa shape index (κ1) is 17.6. The average Bonchev–Trinajstić information content (AvgIpc) is 3.40. The van der Waals surface area contributed by atoms with Crippen LogP contribution in [-0.4, -0.2) is 30.6 Å². The van der Waals surface area contributed by atoms with Crippen molar-refractivity contribution in [2.24, 2.45) is 0 Å². The zero-order valence-corrected chi connectivity index (χ0v) is 15.3. The zero-order valence-electron chi connectivity index (χ0n) is 14.5. The number of aromatic nitrogens is 6. The van der Waals surface area contributed by atoms with Crippen molar-refractivity contribution in [2.75, 3.05) is 5.32 Å². The molecule has 0 aliphatic rings. The van der Waals surface area contributed by atoms with E-state index in [2.05, 4.69) is 35.9 Å². The van der Waals surface area contributed by atoms with Crippen molar-refractivity contribution in [1.82, 2.24) is 30.6 Å². The first-order valence-corrected chi connectivity index (χ1v) is 9.23. The van der Waals surface area contributed by atoms with Gasteiger partial charge in [-0.15, -0.1) is 21.5 Å². The molecule has 28 heavy (non-hydrogen) atoms. The van der Waals surface area contributed by atoms with Gasteiger partial charge < -0.3 is 5.32 Å². The number of anilines is 1. The van der Waals surface area contributed by atoms with E-state index in [4.69, 9.17) is 0 Å². The minimum Gasteiger partial charge on any atom is -0.352 e. The molecule has 0 spiro atoms. The summed E-state index contributed by atoms with van der Waals surface area (Å²) in [4.78, 5) is 20.1. The maximum absolute atomic E-state index is 12.3. The third-order valence-electron chi connectivity index (χ3n) is 3.99. The van der Waals surface area contributed by atoms with Gasteiger partial charge in [-0.25, -0.2) is 4.98 Å². The lowest BCUT2D eigenvalue weighted by Crippen LogP contribution is -2.17. The highest BCUT2D eigenvalue weighted by atomic mass is 32.1. The molecule has 0 aliphatic heterocycles. The van der Waals surface area contributed by atoms with E-state index in [-0.39, 0.29) is 5.56 Å².